The van der Waals surface area contributed by atoms with E-state index >= 15 is 0 Å². The summed E-state index contributed by atoms with van der Waals surface area (Å²) in [6.45, 7) is 4.86. The average Bonchev–Trinajstić information content (AvgIpc) is 2.60. The minimum atomic E-state index is -0.242. The highest BCUT2D eigenvalue weighted by atomic mass is 19.1. The smallest absolute Gasteiger partial charge is 0.150 e. The number of anilines is 2. The lowest BCUT2D eigenvalue weighted by molar-refractivity contribution is 0.148. The van der Waals surface area contributed by atoms with Gasteiger partial charge in [-0.15, -0.1) is 0 Å². The van der Waals surface area contributed by atoms with Crippen LogP contribution in [0.3, 0.4) is 0 Å². The first-order chi connectivity index (χ1) is 12.5. The van der Waals surface area contributed by atoms with Crippen molar-refractivity contribution in [2.45, 2.75) is 51.1 Å². The summed E-state index contributed by atoms with van der Waals surface area (Å²) < 4.78 is 18.6. The number of pyridine rings is 1. The number of rotatable bonds is 8. The normalized spacial score (nSPS) is 16.6. The first kappa shape index (κ1) is 18.6. The van der Waals surface area contributed by atoms with E-state index in [0.29, 0.717) is 12.6 Å². The van der Waals surface area contributed by atoms with E-state index in [9.17, 15) is 4.39 Å². The van der Waals surface area contributed by atoms with E-state index in [0.717, 1.165) is 29.2 Å². The first-order valence-electron chi connectivity index (χ1n) is 9.33. The number of nitrogens with one attached hydrogen (secondary N) is 2. The third-order valence-electron chi connectivity index (χ3n) is 5.16. The van der Waals surface area contributed by atoms with E-state index in [-0.39, 0.29) is 11.4 Å². The van der Waals surface area contributed by atoms with Crippen LogP contribution in [-0.4, -0.2) is 30.3 Å². The first-order valence-corrected chi connectivity index (χ1v) is 9.33. The van der Waals surface area contributed by atoms with Gasteiger partial charge in [-0.05, 0) is 69.0 Å². The van der Waals surface area contributed by atoms with Crippen molar-refractivity contribution in [1.82, 2.24) is 4.98 Å². The molecule has 1 heterocycles. The zero-order valence-electron chi connectivity index (χ0n) is 15.8. The van der Waals surface area contributed by atoms with Gasteiger partial charge in [0.15, 0.2) is 5.82 Å². The molecule has 5 heteroatoms. The van der Waals surface area contributed by atoms with Crippen LogP contribution in [0.15, 0.2) is 36.4 Å². The van der Waals surface area contributed by atoms with Gasteiger partial charge in [0, 0.05) is 18.7 Å². The molecule has 1 aromatic heterocycles. The highest BCUT2D eigenvalue weighted by molar-refractivity contribution is 5.71. The van der Waals surface area contributed by atoms with Gasteiger partial charge >= 0.3 is 0 Å². The maximum Gasteiger partial charge on any atom is 0.150 e. The lowest BCUT2D eigenvalue weighted by atomic mass is 9.93. The Labute approximate surface area is 155 Å². The van der Waals surface area contributed by atoms with Crippen LogP contribution in [-0.2, 0) is 4.74 Å². The molecule has 1 aromatic carbocycles. The summed E-state index contributed by atoms with van der Waals surface area (Å²) in [5.74, 6) is 0.578. The Kier molecular flexibility index (Phi) is 5.77. The van der Waals surface area contributed by atoms with Crippen molar-refractivity contribution in [3.8, 4) is 11.3 Å². The average molecular weight is 357 g/mol. The summed E-state index contributed by atoms with van der Waals surface area (Å²) in [5, 5.41) is 7.17. The second kappa shape index (κ2) is 8.04. The Bertz CT molecular complexity index is 731. The van der Waals surface area contributed by atoms with Crippen molar-refractivity contribution in [3.05, 3.63) is 42.2 Å². The van der Waals surface area contributed by atoms with Crippen LogP contribution >= 0.6 is 0 Å². The van der Waals surface area contributed by atoms with Crippen molar-refractivity contribution in [2.24, 2.45) is 0 Å². The van der Waals surface area contributed by atoms with E-state index < -0.39 is 0 Å². The second-order valence-corrected chi connectivity index (χ2v) is 7.34. The Morgan fingerprint density at radius 3 is 2.50 bits per heavy atom. The molecule has 0 radical (unpaired) electrons. The monoisotopic (exact) mass is 357 g/mol. The number of halogens is 1. The van der Waals surface area contributed by atoms with Crippen LogP contribution in [0.2, 0.25) is 0 Å². The van der Waals surface area contributed by atoms with Gasteiger partial charge in [-0.2, -0.15) is 0 Å². The van der Waals surface area contributed by atoms with Gasteiger partial charge in [-0.1, -0.05) is 6.92 Å². The van der Waals surface area contributed by atoms with Crippen molar-refractivity contribution in [2.75, 3.05) is 24.4 Å². The van der Waals surface area contributed by atoms with Crippen molar-refractivity contribution >= 4 is 11.5 Å². The number of hydrogen-bond acceptors (Lipinski definition) is 4. The highest BCUT2D eigenvalue weighted by Gasteiger charge is 2.25. The van der Waals surface area contributed by atoms with Crippen LogP contribution in [0.4, 0.5) is 15.9 Å². The van der Waals surface area contributed by atoms with Gasteiger partial charge in [0.25, 0.3) is 0 Å². The van der Waals surface area contributed by atoms with E-state index in [1.807, 2.05) is 6.07 Å². The molecule has 0 bridgehead atoms. The molecule has 1 fully saturated rings. The number of benzene rings is 1. The predicted molar refractivity (Wildman–Crippen MR) is 105 cm³/mol. The Hall–Kier alpha value is -2.14. The molecule has 140 valence electrons. The Morgan fingerprint density at radius 2 is 1.92 bits per heavy atom. The molecule has 2 aromatic rings. The molecule has 1 atom stereocenters. The van der Waals surface area contributed by atoms with Crippen LogP contribution in [0.5, 0.6) is 0 Å². The number of nitrogens with zero attached hydrogens (tertiary/aromatic N) is 1. The lowest BCUT2D eigenvalue weighted by Gasteiger charge is -2.33. The topological polar surface area (TPSA) is 46.2 Å². The highest BCUT2D eigenvalue weighted by Crippen LogP contribution is 2.32. The predicted octanol–water partition coefficient (Wildman–Crippen LogP) is 5.08. The molecule has 1 aliphatic carbocycles. The van der Waals surface area contributed by atoms with Crippen molar-refractivity contribution in [3.63, 3.8) is 0 Å². The number of methoxy groups -OCH3 is 1. The summed E-state index contributed by atoms with van der Waals surface area (Å²) in [6.07, 6.45) is 4.58. The standard InChI is InChI=1S/C21H28FN3O/c1-4-21(2,14-26-3)25-20-19(23-17-6-5-7-17)13-12-18(24-20)15-8-10-16(22)11-9-15/h8-13,17,23H,4-7,14H2,1-3H3,(H,24,25). The summed E-state index contributed by atoms with van der Waals surface area (Å²) >= 11 is 0. The van der Waals surface area contributed by atoms with Crippen LogP contribution in [0, 0.1) is 5.82 Å². The van der Waals surface area contributed by atoms with E-state index in [2.05, 4.69) is 30.5 Å². The molecule has 1 saturated carbocycles. The van der Waals surface area contributed by atoms with E-state index in [1.54, 1.807) is 19.2 Å². The van der Waals surface area contributed by atoms with E-state index in [4.69, 9.17) is 9.72 Å². The van der Waals surface area contributed by atoms with Gasteiger partial charge in [0.1, 0.15) is 5.82 Å². The summed E-state index contributed by atoms with van der Waals surface area (Å²) in [5.41, 5.74) is 2.52. The van der Waals surface area contributed by atoms with Crippen molar-refractivity contribution < 1.29 is 9.13 Å². The number of aromatic nitrogens is 1. The fraction of sp³-hybridized carbons (Fsp3) is 0.476. The molecule has 1 unspecified atom stereocenters. The van der Waals surface area contributed by atoms with E-state index in [1.165, 1.54) is 31.4 Å². The van der Waals surface area contributed by atoms with Gasteiger partial charge in [0.05, 0.1) is 23.5 Å². The second-order valence-electron chi connectivity index (χ2n) is 7.34. The molecule has 2 N–H and O–H groups in total. The van der Waals surface area contributed by atoms with Crippen LogP contribution < -0.4 is 10.6 Å². The van der Waals surface area contributed by atoms with Gasteiger partial charge in [0.2, 0.25) is 0 Å². The molecule has 4 nitrogen and oxygen atoms in total. The fourth-order valence-electron chi connectivity index (χ4n) is 3.06. The summed E-state index contributed by atoms with van der Waals surface area (Å²) in [6, 6.07) is 11.0. The zero-order valence-corrected chi connectivity index (χ0v) is 15.8. The third kappa shape index (κ3) is 4.33. The zero-order chi connectivity index (χ0) is 18.6. The molecule has 1 aliphatic rings. The number of hydrogen-bond donors (Lipinski definition) is 2. The molecular formula is C21H28FN3O. The lowest BCUT2D eigenvalue weighted by Crippen LogP contribution is -2.39. The SMILES string of the molecule is CCC(C)(COC)Nc1nc(-c2ccc(F)cc2)ccc1NC1CCC1. The van der Waals surface area contributed by atoms with Gasteiger partial charge < -0.3 is 15.4 Å². The maximum absolute atomic E-state index is 13.2. The summed E-state index contributed by atoms with van der Waals surface area (Å²) in [7, 11) is 1.71. The number of ether oxygens (including phenoxy) is 1. The molecular weight excluding hydrogens is 329 g/mol. The fourth-order valence-corrected chi connectivity index (χ4v) is 3.06. The third-order valence-corrected chi connectivity index (χ3v) is 5.16. The largest absolute Gasteiger partial charge is 0.382 e. The molecule has 0 saturated heterocycles. The Morgan fingerprint density at radius 1 is 1.19 bits per heavy atom. The molecule has 26 heavy (non-hydrogen) atoms. The van der Waals surface area contributed by atoms with Gasteiger partial charge in [-0.25, -0.2) is 9.37 Å². The molecule has 0 aliphatic heterocycles. The minimum Gasteiger partial charge on any atom is -0.382 e. The quantitative estimate of drug-likeness (QED) is 0.692. The molecule has 3 rings (SSSR count). The maximum atomic E-state index is 13.2. The van der Waals surface area contributed by atoms with Crippen LogP contribution in [0.25, 0.3) is 11.3 Å². The molecule has 0 amide bonds. The van der Waals surface area contributed by atoms with Crippen molar-refractivity contribution in [1.29, 1.82) is 0 Å². The summed E-state index contributed by atoms with van der Waals surface area (Å²) in [4.78, 5) is 4.85. The van der Waals surface area contributed by atoms with Crippen LogP contribution in [0.1, 0.15) is 39.5 Å². The molecule has 0 spiro atoms. The van der Waals surface area contributed by atoms with Gasteiger partial charge in [-0.3, -0.25) is 0 Å². The Balaban J connectivity index is 1.92. The minimum absolute atomic E-state index is 0.209.